The molecule has 0 heterocycles. The Bertz CT molecular complexity index is 1630. The van der Waals surface area contributed by atoms with Crippen molar-refractivity contribution >= 4 is 43.5 Å². The van der Waals surface area contributed by atoms with Crippen LogP contribution < -0.4 is 14.4 Å². The second-order valence-corrected chi connectivity index (χ2v) is 12.5. The molecule has 2 amide bonds. The van der Waals surface area contributed by atoms with Crippen molar-refractivity contribution < 1.29 is 22.7 Å². The summed E-state index contributed by atoms with van der Waals surface area (Å²) in [6.45, 7) is 3.06. The van der Waals surface area contributed by atoms with Crippen molar-refractivity contribution in [3.63, 3.8) is 0 Å². The number of ether oxygens (including phenoxy) is 1. The highest BCUT2D eigenvalue weighted by Gasteiger charge is 2.32. The Morgan fingerprint density at radius 1 is 0.881 bits per heavy atom. The number of amides is 2. The molecule has 0 radical (unpaired) electrons. The summed E-state index contributed by atoms with van der Waals surface area (Å²) in [6, 6.07) is 28.7. The minimum atomic E-state index is -4.17. The van der Waals surface area contributed by atoms with Gasteiger partial charge in [0.1, 0.15) is 24.1 Å². The lowest BCUT2D eigenvalue weighted by Gasteiger charge is -2.32. The number of hydrogen-bond donors (Lipinski definition) is 1. The number of hydrogen-bond acceptors (Lipinski definition) is 5. The third-order valence-corrected chi connectivity index (χ3v) is 8.93. The highest BCUT2D eigenvalue weighted by Crippen LogP contribution is 2.29. The summed E-state index contributed by atoms with van der Waals surface area (Å²) in [5.41, 5.74) is 1.96. The first-order valence-electron chi connectivity index (χ1n) is 13.3. The predicted octanol–water partition coefficient (Wildman–Crippen LogP) is 5.91. The maximum Gasteiger partial charge on any atom is 0.264 e. The molecule has 1 N–H and O–H groups in total. The minimum Gasteiger partial charge on any atom is -0.457 e. The summed E-state index contributed by atoms with van der Waals surface area (Å²) in [5, 5.41) is 2.58. The van der Waals surface area contributed by atoms with Crippen LogP contribution in [0, 0.1) is 6.92 Å². The van der Waals surface area contributed by atoms with Crippen molar-refractivity contribution in [2.75, 3.05) is 17.9 Å². The van der Waals surface area contributed by atoms with Gasteiger partial charge in [0.25, 0.3) is 10.0 Å². The lowest BCUT2D eigenvalue weighted by molar-refractivity contribution is -0.139. The Hall–Kier alpha value is -4.15. The maximum absolute atomic E-state index is 14.0. The van der Waals surface area contributed by atoms with Gasteiger partial charge < -0.3 is 15.0 Å². The molecule has 1 unspecified atom stereocenters. The number of para-hydroxylation sites is 1. The summed E-state index contributed by atoms with van der Waals surface area (Å²) in [7, 11) is -2.67. The van der Waals surface area contributed by atoms with Gasteiger partial charge in [-0.25, -0.2) is 8.42 Å². The van der Waals surface area contributed by atoms with E-state index in [4.69, 9.17) is 4.74 Å². The number of likely N-dealkylation sites (N-methyl/N-ethyl adjacent to an activating group) is 1. The first kappa shape index (κ1) is 30.8. The molecule has 0 bridgehead atoms. The van der Waals surface area contributed by atoms with E-state index in [9.17, 15) is 18.0 Å². The molecule has 8 nitrogen and oxygen atoms in total. The number of aryl methyl sites for hydroxylation is 1. The van der Waals surface area contributed by atoms with E-state index in [1.54, 1.807) is 43.3 Å². The quantitative estimate of drug-likeness (QED) is 0.218. The van der Waals surface area contributed by atoms with Crippen LogP contribution in [0.3, 0.4) is 0 Å². The summed E-state index contributed by atoms with van der Waals surface area (Å²) in [6.07, 6.45) is 0. The molecule has 4 aromatic carbocycles. The Balaban J connectivity index is 1.70. The largest absolute Gasteiger partial charge is 0.457 e. The minimum absolute atomic E-state index is 0.0448. The van der Waals surface area contributed by atoms with Gasteiger partial charge in [-0.1, -0.05) is 64.0 Å². The molecule has 0 aliphatic rings. The van der Waals surface area contributed by atoms with Gasteiger partial charge in [0, 0.05) is 18.1 Å². The second-order valence-electron chi connectivity index (χ2n) is 9.68. The lowest BCUT2D eigenvalue weighted by atomic mass is 10.1. The molecule has 42 heavy (non-hydrogen) atoms. The number of rotatable bonds is 11. The van der Waals surface area contributed by atoms with Gasteiger partial charge in [0.05, 0.1) is 10.6 Å². The number of nitrogens with one attached hydrogen (secondary N) is 1. The van der Waals surface area contributed by atoms with Crippen LogP contribution in [0.4, 0.5) is 5.69 Å². The van der Waals surface area contributed by atoms with Crippen LogP contribution in [-0.4, -0.2) is 44.8 Å². The van der Waals surface area contributed by atoms with E-state index in [0.717, 1.165) is 19.9 Å². The first-order chi connectivity index (χ1) is 20.1. The van der Waals surface area contributed by atoms with E-state index in [0.29, 0.717) is 11.5 Å². The zero-order valence-electron chi connectivity index (χ0n) is 23.5. The van der Waals surface area contributed by atoms with E-state index < -0.39 is 28.5 Å². The third-order valence-electron chi connectivity index (χ3n) is 6.65. The Labute approximate surface area is 255 Å². The summed E-state index contributed by atoms with van der Waals surface area (Å²) in [5.74, 6) is 0.240. The predicted molar refractivity (Wildman–Crippen MR) is 167 cm³/mol. The van der Waals surface area contributed by atoms with E-state index in [-0.39, 0.29) is 23.0 Å². The summed E-state index contributed by atoms with van der Waals surface area (Å²) >= 11 is 3.44. The first-order valence-corrected chi connectivity index (χ1v) is 15.5. The normalized spacial score (nSPS) is 11.8. The van der Waals surface area contributed by atoms with Crippen molar-refractivity contribution in [1.29, 1.82) is 0 Å². The average molecular weight is 651 g/mol. The number of anilines is 1. The molecule has 0 aliphatic carbocycles. The average Bonchev–Trinajstić information content (AvgIpc) is 2.99. The van der Waals surface area contributed by atoms with Gasteiger partial charge in [-0.05, 0) is 80.1 Å². The molecule has 0 aliphatic heterocycles. The third kappa shape index (κ3) is 7.57. The smallest absolute Gasteiger partial charge is 0.264 e. The van der Waals surface area contributed by atoms with Crippen LogP contribution >= 0.6 is 15.9 Å². The van der Waals surface area contributed by atoms with Gasteiger partial charge in [0.15, 0.2) is 0 Å². The van der Waals surface area contributed by atoms with E-state index in [1.807, 2.05) is 61.5 Å². The van der Waals surface area contributed by atoms with Gasteiger partial charge in [0.2, 0.25) is 11.8 Å². The van der Waals surface area contributed by atoms with Crippen molar-refractivity contribution in [2.24, 2.45) is 0 Å². The standard InChI is InChI=1S/C32H32BrN3O5S/c1-23-12-18-30(19-13-23)42(39,40)36(27-14-16-29(17-15-27)41-28-10-5-4-6-11-28)22-31(37)35(24(2)32(38)34-3)21-25-8-7-9-26(33)20-25/h4-20,24H,21-22H2,1-3H3,(H,34,38). The molecule has 0 saturated heterocycles. The van der Waals surface area contributed by atoms with E-state index >= 15 is 0 Å². The monoisotopic (exact) mass is 649 g/mol. The number of nitrogens with zero attached hydrogens (tertiary/aromatic N) is 2. The van der Waals surface area contributed by atoms with Crippen molar-refractivity contribution in [1.82, 2.24) is 10.2 Å². The summed E-state index contributed by atoms with van der Waals surface area (Å²) in [4.78, 5) is 28.0. The van der Waals surface area contributed by atoms with Crippen LogP contribution in [0.1, 0.15) is 18.1 Å². The number of carbonyl (C=O) groups is 2. The topological polar surface area (TPSA) is 96.0 Å². The summed E-state index contributed by atoms with van der Waals surface area (Å²) < 4.78 is 35.7. The SMILES string of the molecule is CNC(=O)C(C)N(Cc1cccc(Br)c1)C(=O)CN(c1ccc(Oc2ccccc2)cc1)S(=O)(=O)c1ccc(C)cc1. The maximum atomic E-state index is 14.0. The van der Waals surface area contributed by atoms with E-state index in [1.165, 1.54) is 24.1 Å². The van der Waals surface area contributed by atoms with Gasteiger partial charge in [-0.15, -0.1) is 0 Å². The number of halogens is 1. The zero-order valence-corrected chi connectivity index (χ0v) is 25.9. The molecular formula is C32H32BrN3O5S. The lowest BCUT2D eigenvalue weighted by Crippen LogP contribution is -2.50. The van der Waals surface area contributed by atoms with Gasteiger partial charge >= 0.3 is 0 Å². The van der Waals surface area contributed by atoms with Crippen LogP contribution in [0.25, 0.3) is 0 Å². The van der Waals surface area contributed by atoms with Crippen LogP contribution in [0.5, 0.6) is 11.5 Å². The number of benzene rings is 4. The molecule has 0 fully saturated rings. The molecule has 10 heteroatoms. The van der Waals surface area contributed by atoms with Crippen LogP contribution in [0.15, 0.2) is 112 Å². The van der Waals surface area contributed by atoms with Crippen molar-refractivity contribution in [3.8, 4) is 11.5 Å². The van der Waals surface area contributed by atoms with Crippen molar-refractivity contribution in [3.05, 3.63) is 119 Å². The zero-order chi connectivity index (χ0) is 30.3. The van der Waals surface area contributed by atoms with Gasteiger partial charge in [-0.3, -0.25) is 13.9 Å². The molecular weight excluding hydrogens is 618 g/mol. The fraction of sp³-hybridized carbons (Fsp3) is 0.188. The molecule has 4 aromatic rings. The Morgan fingerprint density at radius 3 is 2.14 bits per heavy atom. The molecule has 218 valence electrons. The molecule has 0 spiro atoms. The number of carbonyl (C=O) groups excluding carboxylic acids is 2. The molecule has 0 aromatic heterocycles. The molecule has 1 atom stereocenters. The Kier molecular flexibility index (Phi) is 10.0. The van der Waals surface area contributed by atoms with Crippen LogP contribution in [0.2, 0.25) is 0 Å². The van der Waals surface area contributed by atoms with Crippen LogP contribution in [-0.2, 0) is 26.2 Å². The van der Waals surface area contributed by atoms with Crippen molar-refractivity contribution in [2.45, 2.75) is 31.3 Å². The fourth-order valence-electron chi connectivity index (χ4n) is 4.29. The van der Waals surface area contributed by atoms with Gasteiger partial charge in [-0.2, -0.15) is 0 Å². The van der Waals surface area contributed by atoms with E-state index in [2.05, 4.69) is 21.2 Å². The Morgan fingerprint density at radius 2 is 1.52 bits per heavy atom. The highest BCUT2D eigenvalue weighted by molar-refractivity contribution is 9.10. The molecule has 4 rings (SSSR count). The number of sulfonamides is 1. The highest BCUT2D eigenvalue weighted by atomic mass is 79.9. The fourth-order valence-corrected chi connectivity index (χ4v) is 6.16. The second kappa shape index (κ2) is 13.7. The molecule has 0 saturated carbocycles.